The maximum atomic E-state index is 7.84. The van der Waals surface area contributed by atoms with E-state index in [0.29, 0.717) is 0 Å². The van der Waals surface area contributed by atoms with Gasteiger partial charge in [0.05, 0.1) is 0 Å². The molecule has 54 valence electrons. The molecule has 0 saturated heterocycles. The maximum absolute atomic E-state index is 7.84. The first-order chi connectivity index (χ1) is 4.41. The molecule has 0 radical (unpaired) electrons. The minimum Gasteiger partial charge on any atom is -0.349 e. The van der Waals surface area contributed by atoms with E-state index in [0.717, 1.165) is 6.42 Å². The molecule has 0 aromatic carbocycles. The second-order valence-electron chi connectivity index (χ2n) is 1.97. The molecule has 0 amide bonds. The average molecular weight is 130 g/mol. The van der Waals surface area contributed by atoms with Gasteiger partial charge in [-0.15, -0.1) is 0 Å². The summed E-state index contributed by atoms with van der Waals surface area (Å²) < 4.78 is 0. The molecule has 1 N–H and O–H groups in total. The summed E-state index contributed by atoms with van der Waals surface area (Å²) in [6.07, 6.45) is 7.76. The third-order valence-corrected chi connectivity index (χ3v) is 1.13. The van der Waals surface area contributed by atoms with Crippen LogP contribution in [0.5, 0.6) is 0 Å². The molecule has 0 aliphatic rings. The number of hydrogen-bond acceptors (Lipinski definition) is 2. The fourth-order valence-corrected chi connectivity index (χ4v) is 0.623. The third kappa shape index (κ3) is 7.50. The summed E-state index contributed by atoms with van der Waals surface area (Å²) in [5, 5.41) is 7.84. The van der Waals surface area contributed by atoms with Gasteiger partial charge in [-0.05, 0) is 18.9 Å². The Morgan fingerprint density at radius 3 is 2.78 bits per heavy atom. The van der Waals surface area contributed by atoms with Crippen LogP contribution in [0, 0.1) is 0 Å². The number of unbranched alkanes of at least 4 members (excludes halogenated alkanes) is 3. The first-order valence-corrected chi connectivity index (χ1v) is 3.37. The van der Waals surface area contributed by atoms with Gasteiger partial charge in [0.15, 0.2) is 0 Å². The van der Waals surface area contributed by atoms with Gasteiger partial charge in [-0.1, -0.05) is 19.8 Å². The standard InChI is InChI=1S/C7H14O2/c1-2-3-4-5-6-7-9-8/h6-8H,2-5H2,1H3. The van der Waals surface area contributed by atoms with Gasteiger partial charge in [0.2, 0.25) is 0 Å². The fourth-order valence-electron chi connectivity index (χ4n) is 0.623. The highest BCUT2D eigenvalue weighted by molar-refractivity contribution is 4.71. The van der Waals surface area contributed by atoms with Crippen molar-refractivity contribution in [1.82, 2.24) is 0 Å². The normalized spacial score (nSPS) is 10.4. The first-order valence-electron chi connectivity index (χ1n) is 3.37. The van der Waals surface area contributed by atoms with Gasteiger partial charge in [0.1, 0.15) is 6.26 Å². The Labute approximate surface area is 56.1 Å². The zero-order valence-corrected chi connectivity index (χ0v) is 5.84. The van der Waals surface area contributed by atoms with E-state index >= 15 is 0 Å². The van der Waals surface area contributed by atoms with Crippen molar-refractivity contribution in [2.75, 3.05) is 0 Å². The van der Waals surface area contributed by atoms with Crippen molar-refractivity contribution in [3.8, 4) is 0 Å². The Kier molecular flexibility index (Phi) is 7.08. The minimum absolute atomic E-state index is 0.994. The van der Waals surface area contributed by atoms with Crippen molar-refractivity contribution in [2.24, 2.45) is 0 Å². The predicted octanol–water partition coefficient (Wildman–Crippen LogP) is 2.57. The lowest BCUT2D eigenvalue weighted by Crippen LogP contribution is -1.71. The molecule has 0 aliphatic heterocycles. The summed E-state index contributed by atoms with van der Waals surface area (Å²) in [6.45, 7) is 2.16. The molecule has 0 aliphatic carbocycles. The Balaban J connectivity index is 2.82. The van der Waals surface area contributed by atoms with Crippen molar-refractivity contribution < 1.29 is 10.1 Å². The van der Waals surface area contributed by atoms with Gasteiger partial charge < -0.3 is 4.89 Å². The van der Waals surface area contributed by atoms with Gasteiger partial charge >= 0.3 is 0 Å². The Bertz CT molecular complexity index is 69.3. The van der Waals surface area contributed by atoms with Crippen molar-refractivity contribution in [3.63, 3.8) is 0 Å². The molecule has 0 heterocycles. The van der Waals surface area contributed by atoms with Crippen molar-refractivity contribution in [1.29, 1.82) is 0 Å². The van der Waals surface area contributed by atoms with Crippen LogP contribution in [0.2, 0.25) is 0 Å². The molecule has 9 heavy (non-hydrogen) atoms. The average Bonchev–Trinajstić information content (AvgIpc) is 1.89. The smallest absolute Gasteiger partial charge is 0.125 e. The van der Waals surface area contributed by atoms with E-state index in [9.17, 15) is 0 Å². The lowest BCUT2D eigenvalue weighted by atomic mass is 10.2. The molecule has 0 saturated carbocycles. The number of hydrogen-bond donors (Lipinski definition) is 1. The highest BCUT2D eigenvalue weighted by Gasteiger charge is 1.80. The molecule has 0 fully saturated rings. The lowest BCUT2D eigenvalue weighted by molar-refractivity contribution is -0.186. The van der Waals surface area contributed by atoms with Crippen LogP contribution in [0.15, 0.2) is 12.3 Å². The van der Waals surface area contributed by atoms with Crippen LogP contribution in [0.4, 0.5) is 0 Å². The molecular formula is C7H14O2. The van der Waals surface area contributed by atoms with Gasteiger partial charge in [0, 0.05) is 0 Å². The molecule has 2 heteroatoms. The van der Waals surface area contributed by atoms with Crippen LogP contribution < -0.4 is 0 Å². The zero-order chi connectivity index (χ0) is 6.95. The minimum atomic E-state index is 0.994. The SMILES string of the molecule is CCCCCC=COO. The molecule has 0 aromatic rings. The van der Waals surface area contributed by atoms with E-state index < -0.39 is 0 Å². The van der Waals surface area contributed by atoms with E-state index in [1.807, 2.05) is 6.08 Å². The topological polar surface area (TPSA) is 29.5 Å². The molecular weight excluding hydrogens is 116 g/mol. The van der Waals surface area contributed by atoms with Gasteiger partial charge in [-0.3, -0.25) is 0 Å². The molecule has 0 unspecified atom stereocenters. The van der Waals surface area contributed by atoms with E-state index in [1.165, 1.54) is 25.5 Å². The summed E-state index contributed by atoms with van der Waals surface area (Å²) in [6, 6.07) is 0. The van der Waals surface area contributed by atoms with E-state index in [-0.39, 0.29) is 0 Å². The van der Waals surface area contributed by atoms with Crippen LogP contribution in [0.3, 0.4) is 0 Å². The Hall–Kier alpha value is -0.500. The van der Waals surface area contributed by atoms with Crippen LogP contribution >= 0.6 is 0 Å². The molecule has 2 nitrogen and oxygen atoms in total. The summed E-state index contributed by atoms with van der Waals surface area (Å²) in [5.74, 6) is 0. The molecule has 0 bridgehead atoms. The molecule has 0 aromatic heterocycles. The summed E-state index contributed by atoms with van der Waals surface area (Å²) in [4.78, 5) is 3.74. The van der Waals surface area contributed by atoms with E-state index in [2.05, 4.69) is 11.8 Å². The van der Waals surface area contributed by atoms with Crippen LogP contribution in [-0.2, 0) is 4.89 Å². The van der Waals surface area contributed by atoms with Crippen molar-refractivity contribution >= 4 is 0 Å². The largest absolute Gasteiger partial charge is 0.349 e. The lowest BCUT2D eigenvalue weighted by Gasteiger charge is -1.89. The highest BCUT2D eigenvalue weighted by atomic mass is 17.1. The predicted molar refractivity (Wildman–Crippen MR) is 37.0 cm³/mol. The van der Waals surface area contributed by atoms with Crippen LogP contribution in [0.25, 0.3) is 0 Å². The second kappa shape index (κ2) is 7.50. The van der Waals surface area contributed by atoms with Gasteiger partial charge in [-0.25, -0.2) is 5.26 Å². The van der Waals surface area contributed by atoms with Crippen LogP contribution in [0.1, 0.15) is 32.6 Å². The molecule has 0 atom stereocenters. The Morgan fingerprint density at radius 1 is 1.44 bits per heavy atom. The van der Waals surface area contributed by atoms with Crippen molar-refractivity contribution in [3.05, 3.63) is 12.3 Å². The first kappa shape index (κ1) is 8.50. The Morgan fingerprint density at radius 2 is 2.22 bits per heavy atom. The maximum Gasteiger partial charge on any atom is 0.125 e. The highest BCUT2D eigenvalue weighted by Crippen LogP contribution is 1.98. The summed E-state index contributed by atoms with van der Waals surface area (Å²) in [7, 11) is 0. The summed E-state index contributed by atoms with van der Waals surface area (Å²) in [5.41, 5.74) is 0. The molecule has 0 spiro atoms. The summed E-state index contributed by atoms with van der Waals surface area (Å²) >= 11 is 0. The zero-order valence-electron chi connectivity index (χ0n) is 5.84. The van der Waals surface area contributed by atoms with E-state index in [1.54, 1.807) is 0 Å². The quantitative estimate of drug-likeness (QED) is 0.268. The van der Waals surface area contributed by atoms with Gasteiger partial charge in [-0.2, -0.15) is 0 Å². The van der Waals surface area contributed by atoms with Gasteiger partial charge in [0.25, 0.3) is 0 Å². The number of rotatable bonds is 5. The second-order valence-corrected chi connectivity index (χ2v) is 1.97. The van der Waals surface area contributed by atoms with Crippen LogP contribution in [-0.4, -0.2) is 5.26 Å². The molecule has 0 rings (SSSR count). The van der Waals surface area contributed by atoms with E-state index in [4.69, 9.17) is 5.26 Å². The number of allylic oxidation sites excluding steroid dienone is 1. The monoisotopic (exact) mass is 130 g/mol. The third-order valence-electron chi connectivity index (χ3n) is 1.13. The van der Waals surface area contributed by atoms with Crippen molar-refractivity contribution in [2.45, 2.75) is 32.6 Å². The fraction of sp³-hybridized carbons (Fsp3) is 0.714.